The molecule has 0 fully saturated rings. The Hall–Kier alpha value is -3.67. The van der Waals surface area contributed by atoms with Gasteiger partial charge in [-0.15, -0.1) is 0 Å². The first-order valence-corrected chi connectivity index (χ1v) is 9.65. The summed E-state index contributed by atoms with van der Waals surface area (Å²) in [6.45, 7) is 6.88. The maximum absolute atomic E-state index is 6.51. The van der Waals surface area contributed by atoms with E-state index in [0.29, 0.717) is 17.3 Å². The van der Waals surface area contributed by atoms with Gasteiger partial charge in [0.25, 0.3) is 0 Å². The highest BCUT2D eigenvalue weighted by Crippen LogP contribution is 2.34. The minimum atomic E-state index is 0.507. The lowest BCUT2D eigenvalue weighted by atomic mass is 10.1. The normalized spacial score (nSPS) is 10.9. The number of hydrogen-bond acceptors (Lipinski definition) is 6. The molecule has 2 heterocycles. The predicted molar refractivity (Wildman–Crippen MR) is 120 cm³/mol. The van der Waals surface area contributed by atoms with Gasteiger partial charge in [0, 0.05) is 29.0 Å². The minimum Gasteiger partial charge on any atom is -0.393 e. The molecule has 0 amide bonds. The second-order valence-electron chi connectivity index (χ2n) is 6.99. The molecule has 29 heavy (non-hydrogen) atoms. The lowest BCUT2D eigenvalue weighted by molar-refractivity contribution is 0.979. The summed E-state index contributed by atoms with van der Waals surface area (Å²) >= 11 is 0. The van der Waals surface area contributed by atoms with E-state index in [4.69, 9.17) is 5.73 Å². The Morgan fingerprint density at radius 3 is 2.62 bits per heavy atom. The standard InChI is InChI=1S/C23H24N6/c1-4-29(17-8-5-7-15(2)13-17)23-21(24)22(25-14-26-23)28-20-10-6-9-19-18(20)12-11-16(3)27-19/h5-14H,4,24H2,1-3H3,(H,25,26,28). The first-order chi connectivity index (χ1) is 14.1. The van der Waals surface area contributed by atoms with E-state index in [0.717, 1.165) is 34.5 Å². The number of nitrogen functional groups attached to an aromatic ring is 1. The van der Waals surface area contributed by atoms with E-state index in [9.17, 15) is 0 Å². The van der Waals surface area contributed by atoms with Crippen LogP contribution < -0.4 is 16.0 Å². The summed E-state index contributed by atoms with van der Waals surface area (Å²) in [5.41, 5.74) is 12.1. The van der Waals surface area contributed by atoms with E-state index in [1.54, 1.807) is 6.33 Å². The molecule has 146 valence electrons. The third kappa shape index (κ3) is 3.69. The molecule has 3 N–H and O–H groups in total. The van der Waals surface area contributed by atoms with Crippen LogP contribution in [-0.4, -0.2) is 21.5 Å². The summed E-state index contributed by atoms with van der Waals surface area (Å²) in [4.78, 5) is 15.5. The van der Waals surface area contributed by atoms with Crippen LogP contribution in [0.1, 0.15) is 18.2 Å². The Morgan fingerprint density at radius 1 is 1.00 bits per heavy atom. The van der Waals surface area contributed by atoms with Gasteiger partial charge < -0.3 is 16.0 Å². The number of anilines is 5. The number of hydrogen-bond donors (Lipinski definition) is 2. The Bertz CT molecular complexity index is 1170. The Morgan fingerprint density at radius 2 is 1.83 bits per heavy atom. The topological polar surface area (TPSA) is 80.0 Å². The van der Waals surface area contributed by atoms with Crippen molar-refractivity contribution in [1.29, 1.82) is 0 Å². The Kier molecular flexibility index (Phi) is 4.99. The van der Waals surface area contributed by atoms with E-state index in [1.165, 1.54) is 5.56 Å². The molecule has 2 aromatic heterocycles. The zero-order chi connectivity index (χ0) is 20.4. The van der Waals surface area contributed by atoms with Crippen molar-refractivity contribution in [3.63, 3.8) is 0 Å². The van der Waals surface area contributed by atoms with E-state index in [1.807, 2.05) is 37.3 Å². The van der Waals surface area contributed by atoms with Gasteiger partial charge in [-0.1, -0.05) is 18.2 Å². The number of aryl methyl sites for hydroxylation is 2. The quantitative estimate of drug-likeness (QED) is 0.497. The molecule has 0 unspecified atom stereocenters. The number of pyridine rings is 1. The van der Waals surface area contributed by atoms with Crippen LogP contribution in [0.2, 0.25) is 0 Å². The van der Waals surface area contributed by atoms with Gasteiger partial charge >= 0.3 is 0 Å². The lowest BCUT2D eigenvalue weighted by Gasteiger charge is -2.24. The molecule has 4 aromatic rings. The highest BCUT2D eigenvalue weighted by atomic mass is 15.2. The van der Waals surface area contributed by atoms with Crippen molar-refractivity contribution in [2.45, 2.75) is 20.8 Å². The monoisotopic (exact) mass is 384 g/mol. The van der Waals surface area contributed by atoms with Gasteiger partial charge in [-0.3, -0.25) is 4.98 Å². The van der Waals surface area contributed by atoms with Gasteiger partial charge in [-0.05, 0) is 62.7 Å². The third-order valence-corrected chi connectivity index (χ3v) is 4.87. The molecule has 0 bridgehead atoms. The maximum atomic E-state index is 6.51. The molecule has 0 aliphatic carbocycles. The van der Waals surface area contributed by atoms with Crippen molar-refractivity contribution in [2.75, 3.05) is 22.5 Å². The smallest absolute Gasteiger partial charge is 0.161 e. The number of aromatic nitrogens is 3. The maximum Gasteiger partial charge on any atom is 0.161 e. The molecule has 6 nitrogen and oxygen atoms in total. The molecular weight excluding hydrogens is 360 g/mol. The van der Waals surface area contributed by atoms with E-state index >= 15 is 0 Å². The first-order valence-electron chi connectivity index (χ1n) is 9.65. The third-order valence-electron chi connectivity index (χ3n) is 4.87. The summed E-state index contributed by atoms with van der Waals surface area (Å²) < 4.78 is 0. The van der Waals surface area contributed by atoms with E-state index in [2.05, 4.69) is 63.3 Å². The molecule has 0 radical (unpaired) electrons. The average molecular weight is 384 g/mol. The Labute approximate surface area is 170 Å². The van der Waals surface area contributed by atoms with Crippen molar-refractivity contribution < 1.29 is 0 Å². The summed E-state index contributed by atoms with van der Waals surface area (Å²) in [6.07, 6.45) is 1.54. The second kappa shape index (κ2) is 7.75. The lowest BCUT2D eigenvalue weighted by Crippen LogP contribution is -2.20. The predicted octanol–water partition coefficient (Wildman–Crippen LogP) is 5.13. The van der Waals surface area contributed by atoms with Crippen LogP contribution in [0.3, 0.4) is 0 Å². The summed E-state index contributed by atoms with van der Waals surface area (Å²) in [7, 11) is 0. The number of rotatable bonds is 5. The molecule has 0 saturated heterocycles. The Balaban J connectivity index is 1.74. The van der Waals surface area contributed by atoms with E-state index < -0.39 is 0 Å². The first kappa shape index (κ1) is 18.7. The number of nitrogens with two attached hydrogens (primary N) is 1. The highest BCUT2D eigenvalue weighted by Gasteiger charge is 2.16. The second-order valence-corrected chi connectivity index (χ2v) is 6.99. The van der Waals surface area contributed by atoms with Crippen LogP contribution in [0.4, 0.5) is 28.7 Å². The fourth-order valence-corrected chi connectivity index (χ4v) is 3.44. The van der Waals surface area contributed by atoms with Gasteiger partial charge in [-0.2, -0.15) is 0 Å². The van der Waals surface area contributed by atoms with Crippen LogP contribution in [-0.2, 0) is 0 Å². The fraction of sp³-hybridized carbons (Fsp3) is 0.174. The molecule has 4 rings (SSSR count). The van der Waals surface area contributed by atoms with Crippen molar-refractivity contribution >= 4 is 39.6 Å². The van der Waals surface area contributed by atoms with E-state index in [-0.39, 0.29) is 0 Å². The molecule has 0 aliphatic heterocycles. The molecule has 6 heteroatoms. The van der Waals surface area contributed by atoms with Gasteiger partial charge in [0.2, 0.25) is 0 Å². The zero-order valence-electron chi connectivity index (χ0n) is 16.8. The van der Waals surface area contributed by atoms with Gasteiger partial charge in [0.05, 0.1) is 5.52 Å². The van der Waals surface area contributed by atoms with Gasteiger partial charge in [0.1, 0.15) is 12.0 Å². The van der Waals surface area contributed by atoms with Crippen molar-refractivity contribution in [1.82, 2.24) is 15.0 Å². The van der Waals surface area contributed by atoms with Crippen LogP contribution in [0.25, 0.3) is 10.9 Å². The largest absolute Gasteiger partial charge is 0.393 e. The summed E-state index contributed by atoms with van der Waals surface area (Å²) in [6, 6.07) is 18.3. The minimum absolute atomic E-state index is 0.507. The number of benzene rings is 2. The van der Waals surface area contributed by atoms with Crippen LogP contribution in [0.5, 0.6) is 0 Å². The molecule has 0 atom stereocenters. The summed E-state index contributed by atoms with van der Waals surface area (Å²) in [5.74, 6) is 1.26. The molecule has 2 aromatic carbocycles. The number of fused-ring (bicyclic) bond motifs is 1. The van der Waals surface area contributed by atoms with Gasteiger partial charge in [0.15, 0.2) is 11.6 Å². The number of nitrogens with zero attached hydrogens (tertiary/aromatic N) is 4. The fourth-order valence-electron chi connectivity index (χ4n) is 3.44. The van der Waals surface area contributed by atoms with Gasteiger partial charge in [-0.25, -0.2) is 9.97 Å². The number of nitrogens with one attached hydrogen (secondary N) is 1. The highest BCUT2D eigenvalue weighted by molar-refractivity contribution is 5.94. The molecule has 0 saturated carbocycles. The molecule has 0 aliphatic rings. The van der Waals surface area contributed by atoms with Crippen LogP contribution in [0.15, 0.2) is 60.9 Å². The van der Waals surface area contributed by atoms with Crippen molar-refractivity contribution in [2.24, 2.45) is 0 Å². The molecular formula is C23H24N6. The summed E-state index contributed by atoms with van der Waals surface area (Å²) in [5, 5.41) is 4.39. The average Bonchev–Trinajstić information content (AvgIpc) is 2.71. The van der Waals surface area contributed by atoms with Crippen LogP contribution >= 0.6 is 0 Å². The zero-order valence-corrected chi connectivity index (χ0v) is 16.8. The van der Waals surface area contributed by atoms with Crippen LogP contribution in [0, 0.1) is 13.8 Å². The molecule has 0 spiro atoms. The SMILES string of the molecule is CCN(c1cccc(C)c1)c1ncnc(Nc2cccc3nc(C)ccc23)c1N. The van der Waals surface area contributed by atoms with Crippen molar-refractivity contribution in [3.05, 3.63) is 72.2 Å². The van der Waals surface area contributed by atoms with Crippen molar-refractivity contribution in [3.8, 4) is 0 Å².